The number of nitrogens with one attached hydrogen (secondary N) is 1. The molecule has 1 aromatic carbocycles. The van der Waals surface area contributed by atoms with Crippen molar-refractivity contribution in [3.05, 3.63) is 29.8 Å². The molecule has 1 aromatic rings. The first-order valence-corrected chi connectivity index (χ1v) is 6.33. The molecule has 0 aliphatic rings. The van der Waals surface area contributed by atoms with Crippen LogP contribution >= 0.6 is 0 Å². The molecule has 0 radical (unpaired) electrons. The summed E-state index contributed by atoms with van der Waals surface area (Å²) in [5.41, 5.74) is 1.40. The third kappa shape index (κ3) is 3.75. The van der Waals surface area contributed by atoms with Gasteiger partial charge in [-0.05, 0) is 26.0 Å². The van der Waals surface area contributed by atoms with E-state index in [0.717, 1.165) is 5.56 Å². The van der Waals surface area contributed by atoms with E-state index in [-0.39, 0.29) is 11.5 Å². The Labute approximate surface area is 95.9 Å². The van der Waals surface area contributed by atoms with E-state index in [4.69, 9.17) is 9.59 Å². The van der Waals surface area contributed by atoms with Gasteiger partial charge in [0.2, 0.25) is 0 Å². The zero-order valence-corrected chi connectivity index (χ0v) is 10.2. The van der Waals surface area contributed by atoms with Crippen LogP contribution < -0.4 is 0 Å². The van der Waals surface area contributed by atoms with E-state index in [9.17, 15) is 8.42 Å². The Bertz CT molecular complexity index is 463. The zero-order valence-electron chi connectivity index (χ0n) is 9.36. The number of aryl methyl sites for hydroxylation is 1. The van der Waals surface area contributed by atoms with Crippen molar-refractivity contribution in [2.75, 3.05) is 6.61 Å². The van der Waals surface area contributed by atoms with Gasteiger partial charge in [-0.25, -0.2) is 0 Å². The Morgan fingerprint density at radius 1 is 1.31 bits per heavy atom. The lowest BCUT2D eigenvalue weighted by atomic mass is 10.2. The van der Waals surface area contributed by atoms with Crippen LogP contribution in [0.15, 0.2) is 29.2 Å². The number of hydrogen-bond donors (Lipinski definition) is 1. The van der Waals surface area contributed by atoms with Crippen molar-refractivity contribution in [1.82, 2.24) is 0 Å². The van der Waals surface area contributed by atoms with Gasteiger partial charge >= 0.3 is 0 Å². The number of hydrogen-bond acceptors (Lipinski definition) is 4. The molecule has 1 rings (SSSR count). The maximum atomic E-state index is 11.6. The Morgan fingerprint density at radius 3 is 2.38 bits per heavy atom. The van der Waals surface area contributed by atoms with Crippen molar-refractivity contribution in [2.24, 2.45) is 0 Å². The Balaban J connectivity index is 2.71. The maximum absolute atomic E-state index is 11.6. The lowest BCUT2D eigenvalue weighted by Crippen LogP contribution is -2.09. The summed E-state index contributed by atoms with van der Waals surface area (Å²) in [6.07, 6.45) is 0.324. The van der Waals surface area contributed by atoms with Crippen LogP contribution in [0.4, 0.5) is 0 Å². The van der Waals surface area contributed by atoms with Crippen molar-refractivity contribution >= 4 is 15.8 Å². The van der Waals surface area contributed by atoms with Crippen LogP contribution in [0.2, 0.25) is 0 Å². The number of rotatable bonds is 5. The van der Waals surface area contributed by atoms with Crippen molar-refractivity contribution in [3.8, 4) is 0 Å². The molecule has 16 heavy (non-hydrogen) atoms. The van der Waals surface area contributed by atoms with E-state index >= 15 is 0 Å². The van der Waals surface area contributed by atoms with Gasteiger partial charge in [0.05, 0.1) is 11.5 Å². The van der Waals surface area contributed by atoms with Crippen molar-refractivity contribution in [1.29, 1.82) is 5.41 Å². The van der Waals surface area contributed by atoms with Crippen LogP contribution in [0, 0.1) is 12.3 Å². The van der Waals surface area contributed by atoms with Crippen LogP contribution in [0.3, 0.4) is 0 Å². The fourth-order valence-corrected chi connectivity index (χ4v) is 1.99. The highest BCUT2D eigenvalue weighted by molar-refractivity contribution is 7.86. The summed E-state index contributed by atoms with van der Waals surface area (Å²) in [5.74, 6) is 0. The molecule has 0 aliphatic heterocycles. The van der Waals surface area contributed by atoms with Crippen molar-refractivity contribution < 1.29 is 12.6 Å². The minimum absolute atomic E-state index is 0.0194. The molecular weight excluding hydrogens is 226 g/mol. The highest BCUT2D eigenvalue weighted by Crippen LogP contribution is 2.13. The van der Waals surface area contributed by atoms with Crippen LogP contribution in [0.25, 0.3) is 0 Å². The highest BCUT2D eigenvalue weighted by atomic mass is 32.2. The standard InChI is InChI=1S/C11H15NO3S/c1-9-3-5-11(6-4-9)16(13,14)15-8-7-10(2)12/h3-6,12H,7-8H2,1-2H3. The average molecular weight is 241 g/mol. The molecule has 0 saturated heterocycles. The van der Waals surface area contributed by atoms with Gasteiger partial charge in [0.25, 0.3) is 10.1 Å². The van der Waals surface area contributed by atoms with E-state index in [1.807, 2.05) is 6.92 Å². The van der Waals surface area contributed by atoms with E-state index in [1.165, 1.54) is 12.1 Å². The van der Waals surface area contributed by atoms with E-state index in [1.54, 1.807) is 19.1 Å². The van der Waals surface area contributed by atoms with Gasteiger partial charge < -0.3 is 5.41 Å². The molecule has 0 unspecified atom stereocenters. The van der Waals surface area contributed by atoms with E-state index < -0.39 is 10.1 Å². The molecule has 0 aromatic heterocycles. The molecule has 0 saturated carbocycles. The minimum atomic E-state index is -3.67. The van der Waals surface area contributed by atoms with Gasteiger partial charge in [-0.1, -0.05) is 17.7 Å². The Hall–Kier alpha value is -1.20. The van der Waals surface area contributed by atoms with Gasteiger partial charge in [-0.2, -0.15) is 8.42 Å². The normalized spacial score (nSPS) is 11.4. The zero-order chi connectivity index (χ0) is 12.2. The Morgan fingerprint density at radius 2 is 1.88 bits per heavy atom. The first-order valence-electron chi connectivity index (χ1n) is 4.92. The highest BCUT2D eigenvalue weighted by Gasteiger charge is 2.14. The van der Waals surface area contributed by atoms with Crippen molar-refractivity contribution in [2.45, 2.75) is 25.2 Å². The lowest BCUT2D eigenvalue weighted by Gasteiger charge is -2.05. The third-order valence-electron chi connectivity index (χ3n) is 2.03. The summed E-state index contributed by atoms with van der Waals surface area (Å²) >= 11 is 0. The first-order chi connectivity index (χ1) is 7.42. The van der Waals surface area contributed by atoms with E-state index in [0.29, 0.717) is 12.1 Å². The molecule has 0 atom stereocenters. The van der Waals surface area contributed by atoms with Gasteiger partial charge in [-0.15, -0.1) is 0 Å². The molecule has 5 heteroatoms. The summed E-state index contributed by atoms with van der Waals surface area (Å²) in [6.45, 7) is 3.52. The monoisotopic (exact) mass is 241 g/mol. The van der Waals surface area contributed by atoms with Gasteiger partial charge in [0.1, 0.15) is 0 Å². The molecular formula is C11H15NO3S. The quantitative estimate of drug-likeness (QED) is 0.634. The predicted molar refractivity (Wildman–Crippen MR) is 62.3 cm³/mol. The summed E-state index contributed by atoms with van der Waals surface area (Å²) in [7, 11) is -3.67. The fraction of sp³-hybridized carbons (Fsp3) is 0.364. The summed E-state index contributed by atoms with van der Waals surface area (Å²) in [5, 5.41) is 7.16. The third-order valence-corrected chi connectivity index (χ3v) is 3.35. The lowest BCUT2D eigenvalue weighted by molar-refractivity contribution is 0.328. The summed E-state index contributed by atoms with van der Waals surface area (Å²) in [6, 6.07) is 6.47. The van der Waals surface area contributed by atoms with Crippen LogP contribution in [-0.2, 0) is 14.3 Å². The molecule has 0 bridgehead atoms. The Kier molecular flexibility index (Phi) is 4.20. The molecule has 0 heterocycles. The molecule has 0 spiro atoms. The average Bonchev–Trinajstić information content (AvgIpc) is 2.17. The van der Waals surface area contributed by atoms with Crippen LogP contribution in [-0.4, -0.2) is 20.7 Å². The molecule has 0 aliphatic carbocycles. The predicted octanol–water partition coefficient (Wildman–Crippen LogP) is 2.13. The van der Waals surface area contributed by atoms with Crippen LogP contribution in [0.1, 0.15) is 18.9 Å². The van der Waals surface area contributed by atoms with Gasteiger partial charge in [0.15, 0.2) is 0 Å². The molecule has 4 nitrogen and oxygen atoms in total. The smallest absolute Gasteiger partial charge is 0.296 e. The second-order valence-corrected chi connectivity index (χ2v) is 5.23. The van der Waals surface area contributed by atoms with Crippen LogP contribution in [0.5, 0.6) is 0 Å². The fourth-order valence-electron chi connectivity index (χ4n) is 1.08. The molecule has 0 fully saturated rings. The van der Waals surface area contributed by atoms with Gasteiger partial charge in [0, 0.05) is 12.1 Å². The van der Waals surface area contributed by atoms with E-state index in [2.05, 4.69) is 0 Å². The number of benzene rings is 1. The maximum Gasteiger partial charge on any atom is 0.296 e. The van der Waals surface area contributed by atoms with Crippen molar-refractivity contribution in [3.63, 3.8) is 0 Å². The molecule has 1 N–H and O–H groups in total. The second kappa shape index (κ2) is 5.23. The van der Waals surface area contributed by atoms with Gasteiger partial charge in [-0.3, -0.25) is 4.18 Å². The SMILES string of the molecule is CC(=N)CCOS(=O)(=O)c1ccc(C)cc1. The minimum Gasteiger partial charge on any atom is -0.310 e. The molecule has 88 valence electrons. The molecule has 0 amide bonds. The topological polar surface area (TPSA) is 67.2 Å². The first kappa shape index (κ1) is 12.9. The largest absolute Gasteiger partial charge is 0.310 e. The summed E-state index contributed by atoms with van der Waals surface area (Å²) < 4.78 is 28.1. The summed E-state index contributed by atoms with van der Waals surface area (Å²) in [4.78, 5) is 0.153. The second-order valence-electron chi connectivity index (χ2n) is 3.62.